The first kappa shape index (κ1) is 51.0. The lowest BCUT2D eigenvalue weighted by Gasteiger charge is -2.34. The molecule has 10 heteroatoms. The zero-order valence-electron chi connectivity index (χ0n) is 35.4. The zero-order chi connectivity index (χ0) is 39.4. The highest BCUT2D eigenvalue weighted by Gasteiger charge is 2.36. The fourth-order valence-electron chi connectivity index (χ4n) is 7.20. The van der Waals surface area contributed by atoms with Crippen LogP contribution in [-0.2, 0) is 14.4 Å². The average Bonchev–Trinajstić information content (AvgIpc) is 3.11. The molecule has 0 aliphatic carbocycles. The van der Waals surface area contributed by atoms with Crippen LogP contribution in [0.15, 0.2) is 0 Å². The van der Waals surface area contributed by atoms with Crippen LogP contribution in [-0.4, -0.2) is 64.2 Å². The van der Waals surface area contributed by atoms with E-state index in [4.69, 9.17) is 0 Å². The lowest BCUT2D eigenvalue weighted by molar-refractivity contribution is -0.135. The maximum absolute atomic E-state index is 14.0. The molecule has 0 heterocycles. The standard InChI is InChI=1S/C42H84N4O4S2/c1-11-19-25-33(23-15-5)37(47)44-35(38(48)43-34(24-16-6)26-20-12-2)31-51-52-32-36(39(49)46-42(10,28-18-8)30-22-14-4)45-40(50)41(9,27-17-7)29-21-13-3/h33-37,44,47H,11-32H2,1-10H3,(H,43,48)(H,45,50)(H,46,49). The molecule has 7 atom stereocenters. The van der Waals surface area contributed by atoms with Gasteiger partial charge in [-0.3, -0.25) is 19.7 Å². The maximum atomic E-state index is 14.0. The summed E-state index contributed by atoms with van der Waals surface area (Å²) in [5, 5.41) is 24.6. The molecule has 0 aromatic heterocycles. The molecule has 52 heavy (non-hydrogen) atoms. The molecule has 0 aromatic carbocycles. The van der Waals surface area contributed by atoms with E-state index in [0.29, 0.717) is 11.5 Å². The topological polar surface area (TPSA) is 120 Å². The van der Waals surface area contributed by atoms with Gasteiger partial charge in [0.25, 0.3) is 0 Å². The van der Waals surface area contributed by atoms with Crippen molar-refractivity contribution in [2.24, 2.45) is 11.3 Å². The summed E-state index contributed by atoms with van der Waals surface area (Å²) in [5.74, 6) is 0.639. The number of carbonyl (C=O) groups excluding carboxylic acids is 3. The second kappa shape index (κ2) is 30.3. The number of aliphatic hydroxyl groups excluding tert-OH is 1. The first-order valence-electron chi connectivity index (χ1n) is 21.5. The largest absolute Gasteiger partial charge is 0.378 e. The van der Waals surface area contributed by atoms with E-state index >= 15 is 0 Å². The van der Waals surface area contributed by atoms with Gasteiger partial charge in [-0.05, 0) is 64.2 Å². The van der Waals surface area contributed by atoms with Gasteiger partial charge in [-0.1, -0.05) is 161 Å². The lowest BCUT2D eigenvalue weighted by Crippen LogP contribution is -2.57. The van der Waals surface area contributed by atoms with Crippen LogP contribution in [0.25, 0.3) is 0 Å². The summed E-state index contributed by atoms with van der Waals surface area (Å²) in [4.78, 5) is 41.8. The summed E-state index contributed by atoms with van der Waals surface area (Å²) in [6, 6.07) is -1.17. The Bertz CT molecular complexity index is 944. The Morgan fingerprint density at radius 2 is 1.13 bits per heavy atom. The van der Waals surface area contributed by atoms with E-state index in [1.807, 2.05) is 6.92 Å². The van der Waals surface area contributed by atoms with Gasteiger partial charge in [0.05, 0.1) is 6.04 Å². The van der Waals surface area contributed by atoms with Crippen LogP contribution in [0.5, 0.6) is 0 Å². The molecule has 0 saturated heterocycles. The second-order valence-corrected chi connectivity index (χ2v) is 18.5. The molecule has 0 spiro atoms. The van der Waals surface area contributed by atoms with E-state index in [1.165, 1.54) is 21.6 Å². The third kappa shape index (κ3) is 21.2. The van der Waals surface area contributed by atoms with Crippen molar-refractivity contribution in [2.75, 3.05) is 11.5 Å². The highest BCUT2D eigenvalue weighted by atomic mass is 33.1. The molecule has 8 nitrogen and oxygen atoms in total. The SMILES string of the molecule is CCCCC(CCC)NC(=O)C(CSSCC(NC(=O)C(C)(CCC)CCCC)C(=O)NC(C)(CCC)CCCC)NC(O)C(CCC)CCCC. The number of aliphatic hydroxyl groups is 1. The van der Waals surface area contributed by atoms with Crippen molar-refractivity contribution in [3.05, 3.63) is 0 Å². The fourth-order valence-corrected chi connectivity index (χ4v) is 9.54. The number of amides is 3. The van der Waals surface area contributed by atoms with E-state index in [-0.39, 0.29) is 35.2 Å². The highest BCUT2D eigenvalue weighted by molar-refractivity contribution is 8.76. The number of unbranched alkanes of at least 4 members (excludes halogenated alkanes) is 4. The molecule has 0 aliphatic heterocycles. The molecule has 0 fully saturated rings. The van der Waals surface area contributed by atoms with Gasteiger partial charge in [0, 0.05) is 28.5 Å². The van der Waals surface area contributed by atoms with Gasteiger partial charge < -0.3 is 21.1 Å². The van der Waals surface area contributed by atoms with Crippen molar-refractivity contribution in [3.63, 3.8) is 0 Å². The van der Waals surface area contributed by atoms with E-state index < -0.39 is 23.7 Å². The summed E-state index contributed by atoms with van der Waals surface area (Å²) >= 11 is 0. The van der Waals surface area contributed by atoms with Crippen LogP contribution in [0.4, 0.5) is 0 Å². The predicted molar refractivity (Wildman–Crippen MR) is 228 cm³/mol. The molecule has 7 unspecified atom stereocenters. The van der Waals surface area contributed by atoms with Crippen molar-refractivity contribution < 1.29 is 19.5 Å². The Balaban J connectivity index is 6.18. The molecular weight excluding hydrogens is 689 g/mol. The van der Waals surface area contributed by atoms with Crippen molar-refractivity contribution in [1.82, 2.24) is 21.3 Å². The monoisotopic (exact) mass is 773 g/mol. The minimum atomic E-state index is -0.773. The molecule has 0 rings (SSSR count). The van der Waals surface area contributed by atoms with Crippen LogP contribution in [0.3, 0.4) is 0 Å². The Morgan fingerprint density at radius 1 is 0.577 bits per heavy atom. The predicted octanol–water partition coefficient (Wildman–Crippen LogP) is 10.1. The number of nitrogens with one attached hydrogen (secondary N) is 4. The van der Waals surface area contributed by atoms with Gasteiger partial charge in [-0.2, -0.15) is 0 Å². The fraction of sp³-hybridized carbons (Fsp3) is 0.929. The van der Waals surface area contributed by atoms with E-state index in [0.717, 1.165) is 128 Å². The number of rotatable bonds is 34. The summed E-state index contributed by atoms with van der Waals surface area (Å²) in [6.07, 6.45) is 18.4. The van der Waals surface area contributed by atoms with Gasteiger partial charge in [-0.15, -0.1) is 0 Å². The van der Waals surface area contributed by atoms with E-state index in [1.54, 1.807) is 0 Å². The minimum absolute atomic E-state index is 0.0514. The Labute approximate surface area is 329 Å². The average molecular weight is 773 g/mol. The highest BCUT2D eigenvalue weighted by Crippen LogP contribution is 2.31. The quantitative estimate of drug-likeness (QED) is 0.0251. The molecule has 3 amide bonds. The Hall–Kier alpha value is -0.970. The van der Waals surface area contributed by atoms with Gasteiger partial charge in [0.1, 0.15) is 12.3 Å². The zero-order valence-corrected chi connectivity index (χ0v) is 37.1. The molecule has 0 aliphatic rings. The van der Waals surface area contributed by atoms with Crippen LogP contribution in [0.2, 0.25) is 0 Å². The number of hydrogen-bond acceptors (Lipinski definition) is 7. The first-order chi connectivity index (χ1) is 24.8. The summed E-state index contributed by atoms with van der Waals surface area (Å²) in [6.45, 7) is 21.4. The maximum Gasteiger partial charge on any atom is 0.243 e. The smallest absolute Gasteiger partial charge is 0.243 e. The summed E-state index contributed by atoms with van der Waals surface area (Å²) in [5.41, 5.74) is -0.862. The molecule has 0 radical (unpaired) electrons. The van der Waals surface area contributed by atoms with Gasteiger partial charge in [0.15, 0.2) is 0 Å². The van der Waals surface area contributed by atoms with Gasteiger partial charge in [-0.25, -0.2) is 0 Å². The molecular formula is C42H84N4O4S2. The number of hydrogen-bond donors (Lipinski definition) is 5. The third-order valence-corrected chi connectivity index (χ3v) is 13.0. The van der Waals surface area contributed by atoms with E-state index in [2.05, 4.69) is 83.6 Å². The van der Waals surface area contributed by atoms with Crippen LogP contribution >= 0.6 is 21.6 Å². The van der Waals surface area contributed by atoms with Crippen LogP contribution < -0.4 is 21.3 Å². The molecule has 0 aromatic rings. The van der Waals surface area contributed by atoms with E-state index in [9.17, 15) is 19.5 Å². The van der Waals surface area contributed by atoms with Gasteiger partial charge >= 0.3 is 0 Å². The normalized spacial score (nSPS) is 16.9. The third-order valence-electron chi connectivity index (χ3n) is 10.5. The lowest BCUT2D eigenvalue weighted by atomic mass is 9.79. The van der Waals surface area contributed by atoms with Crippen molar-refractivity contribution in [1.29, 1.82) is 0 Å². The molecule has 308 valence electrons. The van der Waals surface area contributed by atoms with Crippen molar-refractivity contribution in [3.8, 4) is 0 Å². The molecule has 5 N–H and O–H groups in total. The number of carbonyl (C=O) groups is 3. The van der Waals surface area contributed by atoms with Crippen LogP contribution in [0, 0.1) is 11.3 Å². The van der Waals surface area contributed by atoms with Gasteiger partial charge in [0.2, 0.25) is 17.7 Å². The molecule has 0 saturated carbocycles. The first-order valence-corrected chi connectivity index (χ1v) is 23.9. The Morgan fingerprint density at radius 3 is 1.69 bits per heavy atom. The van der Waals surface area contributed by atoms with Crippen molar-refractivity contribution >= 4 is 39.3 Å². The summed E-state index contributed by atoms with van der Waals surface area (Å²) in [7, 11) is 3.05. The van der Waals surface area contributed by atoms with Crippen molar-refractivity contribution in [2.45, 2.75) is 228 Å². The molecule has 0 bridgehead atoms. The second-order valence-electron chi connectivity index (χ2n) is 15.9. The van der Waals surface area contributed by atoms with Crippen LogP contribution in [0.1, 0.15) is 198 Å². The minimum Gasteiger partial charge on any atom is -0.378 e. The Kier molecular flexibility index (Phi) is 29.7. The summed E-state index contributed by atoms with van der Waals surface area (Å²) < 4.78 is 0.